The van der Waals surface area contributed by atoms with E-state index in [1.54, 1.807) is 4.90 Å². The summed E-state index contributed by atoms with van der Waals surface area (Å²) in [5, 5.41) is 0. The molecule has 0 aromatic carbocycles. The predicted octanol–water partition coefficient (Wildman–Crippen LogP) is 1.25. The molecule has 1 amide bonds. The van der Waals surface area contributed by atoms with Gasteiger partial charge in [-0.3, -0.25) is 4.79 Å². The van der Waals surface area contributed by atoms with Gasteiger partial charge in [0, 0.05) is 6.54 Å². The van der Waals surface area contributed by atoms with Gasteiger partial charge in [0.1, 0.15) is 6.61 Å². The van der Waals surface area contributed by atoms with Crippen LogP contribution in [0.5, 0.6) is 0 Å². The number of rotatable bonds is 4. The predicted molar refractivity (Wildman–Crippen MR) is 50.0 cm³/mol. The van der Waals surface area contributed by atoms with Gasteiger partial charge in [0.25, 0.3) is 5.91 Å². The number of hydrogen-bond acceptors (Lipinski definition) is 3. The summed E-state index contributed by atoms with van der Waals surface area (Å²) >= 11 is 4.13. The van der Waals surface area contributed by atoms with Crippen molar-refractivity contribution in [3.63, 3.8) is 0 Å². The average molecular weight is 189 g/mol. The maximum atomic E-state index is 11.1. The fourth-order valence-corrected chi connectivity index (χ4v) is 1.53. The number of hydrogen-bond donors (Lipinski definition) is 1. The van der Waals surface area contributed by atoms with Gasteiger partial charge in [0.15, 0.2) is 5.56 Å². The van der Waals surface area contributed by atoms with Crippen molar-refractivity contribution in [1.82, 2.24) is 4.90 Å². The molecule has 1 aliphatic heterocycles. The van der Waals surface area contributed by atoms with Crippen LogP contribution in [0.4, 0.5) is 0 Å². The second kappa shape index (κ2) is 4.72. The van der Waals surface area contributed by atoms with E-state index in [1.807, 2.05) is 0 Å². The van der Waals surface area contributed by atoms with E-state index >= 15 is 0 Å². The number of amides is 1. The van der Waals surface area contributed by atoms with E-state index in [0.717, 1.165) is 19.4 Å². The smallest absolute Gasteiger partial charge is 0.251 e. The number of nitrogens with zero attached hydrogens (tertiary/aromatic N) is 1. The lowest BCUT2D eigenvalue weighted by molar-refractivity contribution is -0.127. The average Bonchev–Trinajstić information content (AvgIpc) is 2.35. The molecule has 0 radical (unpaired) electrons. The van der Waals surface area contributed by atoms with Crippen molar-refractivity contribution in [3.05, 3.63) is 0 Å². The molecule has 1 unspecified atom stereocenters. The Bertz CT molecular complexity index is 163. The number of unbranched alkanes of at least 4 members (excludes halogenated alkanes) is 2. The molecule has 1 heterocycles. The van der Waals surface area contributed by atoms with Gasteiger partial charge in [0.05, 0.1) is 0 Å². The molecule has 0 aromatic rings. The first kappa shape index (κ1) is 9.86. The molecule has 4 heteroatoms. The van der Waals surface area contributed by atoms with Crippen LogP contribution in [0, 0.1) is 0 Å². The molecule has 1 atom stereocenters. The topological polar surface area (TPSA) is 29.5 Å². The van der Waals surface area contributed by atoms with Gasteiger partial charge in [-0.25, -0.2) is 0 Å². The van der Waals surface area contributed by atoms with Crippen LogP contribution in [0.3, 0.4) is 0 Å². The summed E-state index contributed by atoms with van der Waals surface area (Å²) in [7, 11) is 0. The zero-order valence-electron chi connectivity index (χ0n) is 7.32. The monoisotopic (exact) mass is 189 g/mol. The molecule has 70 valence electrons. The summed E-state index contributed by atoms with van der Waals surface area (Å²) in [6.45, 7) is 3.11. The van der Waals surface area contributed by atoms with Crippen LogP contribution in [0.2, 0.25) is 0 Å². The van der Waals surface area contributed by atoms with Crippen molar-refractivity contribution >= 4 is 18.5 Å². The van der Waals surface area contributed by atoms with Gasteiger partial charge >= 0.3 is 0 Å². The number of carbonyl (C=O) groups excluding carboxylic acids is 1. The Hall–Kier alpha value is -0.220. The second-order valence-corrected chi connectivity index (χ2v) is 3.37. The maximum Gasteiger partial charge on any atom is 0.251 e. The summed E-state index contributed by atoms with van der Waals surface area (Å²) in [6.07, 6.45) is 3.37. The highest BCUT2D eigenvalue weighted by Crippen LogP contribution is 2.15. The van der Waals surface area contributed by atoms with Crippen LogP contribution >= 0.6 is 12.6 Å². The minimum absolute atomic E-state index is 0.0612. The first-order chi connectivity index (χ1) is 5.75. The Morgan fingerprint density at radius 1 is 1.67 bits per heavy atom. The molecule has 12 heavy (non-hydrogen) atoms. The molecule has 1 aliphatic rings. The fraction of sp³-hybridized carbons (Fsp3) is 0.875. The van der Waals surface area contributed by atoms with E-state index in [0.29, 0.717) is 0 Å². The molecule has 1 saturated heterocycles. The molecule has 1 fully saturated rings. The Morgan fingerprint density at radius 2 is 2.42 bits per heavy atom. The van der Waals surface area contributed by atoms with E-state index in [4.69, 9.17) is 4.74 Å². The Morgan fingerprint density at radius 3 is 2.92 bits per heavy atom. The highest BCUT2D eigenvalue weighted by Gasteiger charge is 2.27. The highest BCUT2D eigenvalue weighted by atomic mass is 32.1. The first-order valence-electron chi connectivity index (χ1n) is 4.35. The SMILES string of the molecule is CCCCCN1C(=O)COC1S. The molecule has 1 rings (SSSR count). The van der Waals surface area contributed by atoms with Crippen molar-refractivity contribution in [2.24, 2.45) is 0 Å². The third-order valence-corrected chi connectivity index (χ3v) is 2.37. The maximum absolute atomic E-state index is 11.1. The third-order valence-electron chi connectivity index (χ3n) is 1.95. The van der Waals surface area contributed by atoms with Crippen LogP contribution in [0.15, 0.2) is 0 Å². The van der Waals surface area contributed by atoms with Gasteiger partial charge < -0.3 is 9.64 Å². The van der Waals surface area contributed by atoms with E-state index in [2.05, 4.69) is 19.6 Å². The summed E-state index contributed by atoms with van der Waals surface area (Å²) in [4.78, 5) is 12.8. The highest BCUT2D eigenvalue weighted by molar-refractivity contribution is 7.80. The molecule has 0 aliphatic carbocycles. The zero-order chi connectivity index (χ0) is 8.97. The van der Waals surface area contributed by atoms with Crippen molar-refractivity contribution < 1.29 is 9.53 Å². The number of thiol groups is 1. The summed E-state index contributed by atoms with van der Waals surface area (Å²) in [5.41, 5.74) is -0.311. The van der Waals surface area contributed by atoms with E-state index in [-0.39, 0.29) is 18.1 Å². The molecular weight excluding hydrogens is 174 g/mol. The Kier molecular flexibility index (Phi) is 3.88. The lowest BCUT2D eigenvalue weighted by Crippen LogP contribution is -2.31. The van der Waals surface area contributed by atoms with E-state index in [9.17, 15) is 4.79 Å². The minimum atomic E-state index is -0.311. The largest absolute Gasteiger partial charge is 0.339 e. The lowest BCUT2D eigenvalue weighted by Gasteiger charge is -2.18. The Balaban J connectivity index is 2.25. The molecule has 0 spiro atoms. The van der Waals surface area contributed by atoms with E-state index in [1.165, 1.54) is 6.42 Å². The zero-order valence-corrected chi connectivity index (χ0v) is 8.22. The van der Waals surface area contributed by atoms with Gasteiger partial charge in [-0.1, -0.05) is 19.8 Å². The van der Waals surface area contributed by atoms with Crippen LogP contribution in [-0.4, -0.2) is 29.5 Å². The van der Waals surface area contributed by atoms with Crippen LogP contribution < -0.4 is 0 Å². The van der Waals surface area contributed by atoms with Gasteiger partial charge in [-0.05, 0) is 6.42 Å². The van der Waals surface area contributed by atoms with Crippen molar-refractivity contribution in [2.75, 3.05) is 13.2 Å². The van der Waals surface area contributed by atoms with Gasteiger partial charge in [-0.2, -0.15) is 0 Å². The standard InChI is InChI=1S/C8H15NO2S/c1-2-3-4-5-9-7(10)6-11-8(9)12/h8,12H,2-6H2,1H3. The molecule has 0 N–H and O–H groups in total. The number of carbonyl (C=O) groups is 1. The second-order valence-electron chi connectivity index (χ2n) is 2.93. The van der Waals surface area contributed by atoms with Crippen molar-refractivity contribution in [2.45, 2.75) is 31.7 Å². The van der Waals surface area contributed by atoms with Crippen LogP contribution in [0.1, 0.15) is 26.2 Å². The Labute approximate surface area is 78.5 Å². The fourth-order valence-electron chi connectivity index (χ4n) is 1.21. The normalized spacial score (nSPS) is 23.7. The van der Waals surface area contributed by atoms with E-state index < -0.39 is 0 Å². The molecule has 0 aromatic heterocycles. The minimum Gasteiger partial charge on any atom is -0.339 e. The number of ether oxygens (including phenoxy) is 1. The summed E-state index contributed by atoms with van der Waals surface area (Å²) in [6, 6.07) is 0. The lowest BCUT2D eigenvalue weighted by atomic mass is 10.2. The summed E-state index contributed by atoms with van der Waals surface area (Å²) < 4.78 is 5.05. The molecule has 0 bridgehead atoms. The van der Waals surface area contributed by atoms with Crippen molar-refractivity contribution in [1.29, 1.82) is 0 Å². The molecule has 0 saturated carbocycles. The van der Waals surface area contributed by atoms with Gasteiger partial charge in [0.2, 0.25) is 0 Å². The van der Waals surface area contributed by atoms with Crippen molar-refractivity contribution in [3.8, 4) is 0 Å². The summed E-state index contributed by atoms with van der Waals surface area (Å²) in [5.74, 6) is 0.0612. The van der Waals surface area contributed by atoms with Crippen LogP contribution in [0.25, 0.3) is 0 Å². The quantitative estimate of drug-likeness (QED) is 0.533. The van der Waals surface area contributed by atoms with Crippen LogP contribution in [-0.2, 0) is 9.53 Å². The third kappa shape index (κ3) is 2.38. The molecule has 3 nitrogen and oxygen atoms in total. The van der Waals surface area contributed by atoms with Gasteiger partial charge in [-0.15, -0.1) is 12.6 Å². The first-order valence-corrected chi connectivity index (χ1v) is 4.86. The molecular formula is C8H15NO2S.